The number of carbonyl (C=O) groups is 1. The van der Waals surface area contributed by atoms with E-state index < -0.39 is 0 Å². The van der Waals surface area contributed by atoms with Crippen molar-refractivity contribution in [3.63, 3.8) is 0 Å². The number of likely N-dealkylation sites (N-methyl/N-ethyl adjacent to an activating group) is 1. The fourth-order valence-electron chi connectivity index (χ4n) is 1.51. The van der Waals surface area contributed by atoms with Gasteiger partial charge in [-0.3, -0.25) is 4.79 Å². The van der Waals surface area contributed by atoms with E-state index in [1.807, 2.05) is 44.3 Å². The summed E-state index contributed by atoms with van der Waals surface area (Å²) < 4.78 is 1.58. The Morgan fingerprint density at radius 3 is 2.70 bits per heavy atom. The number of halogens is 1. The Hall–Kier alpha value is -1.92. The van der Waals surface area contributed by atoms with E-state index in [-0.39, 0.29) is 24.4 Å². The van der Waals surface area contributed by atoms with E-state index in [0.717, 1.165) is 5.69 Å². The zero-order valence-electron chi connectivity index (χ0n) is 11.4. The number of hydrogen-bond acceptors (Lipinski definition) is 4. The van der Waals surface area contributed by atoms with Crippen LogP contribution in [0.4, 0.5) is 0 Å². The van der Waals surface area contributed by atoms with Gasteiger partial charge in [-0.2, -0.15) is 0 Å². The number of aromatic nitrogens is 3. The highest BCUT2D eigenvalue weighted by molar-refractivity contribution is 5.91. The molecule has 0 saturated carbocycles. The zero-order chi connectivity index (χ0) is 13.7. The fourth-order valence-corrected chi connectivity index (χ4v) is 1.51. The fraction of sp³-hybridized carbons (Fsp3) is 0.308. The molecule has 20 heavy (non-hydrogen) atoms. The molecule has 1 unspecified atom stereocenters. The molecule has 0 spiro atoms. The molecule has 1 amide bonds. The van der Waals surface area contributed by atoms with Crippen molar-refractivity contribution in [1.82, 2.24) is 25.6 Å². The second kappa shape index (κ2) is 7.62. The molecule has 6 nitrogen and oxygen atoms in total. The van der Waals surface area contributed by atoms with Gasteiger partial charge in [-0.25, -0.2) is 4.68 Å². The largest absolute Gasteiger partial charge is 0.349 e. The maximum absolute atomic E-state index is 11.9. The van der Waals surface area contributed by atoms with Gasteiger partial charge in [-0.05, 0) is 26.1 Å². The molecule has 2 aromatic rings. The quantitative estimate of drug-likeness (QED) is 0.864. The van der Waals surface area contributed by atoms with Crippen molar-refractivity contribution in [3.8, 4) is 5.69 Å². The second-order valence-electron chi connectivity index (χ2n) is 4.28. The number of carbonyl (C=O) groups excluding carboxylic acids is 1. The van der Waals surface area contributed by atoms with E-state index in [1.54, 1.807) is 10.9 Å². The van der Waals surface area contributed by atoms with Crippen LogP contribution in [0.3, 0.4) is 0 Å². The predicted molar refractivity (Wildman–Crippen MR) is 79.5 cm³/mol. The predicted octanol–water partition coefficient (Wildman–Crippen LogP) is 1.03. The third-order valence-electron chi connectivity index (χ3n) is 2.81. The van der Waals surface area contributed by atoms with Crippen molar-refractivity contribution >= 4 is 18.3 Å². The summed E-state index contributed by atoms with van der Waals surface area (Å²) in [4.78, 5) is 11.9. The molecule has 7 heteroatoms. The molecule has 1 aromatic heterocycles. The lowest BCUT2D eigenvalue weighted by molar-refractivity contribution is 0.0945. The molecule has 1 aromatic carbocycles. The average Bonchev–Trinajstić information content (AvgIpc) is 2.95. The maximum atomic E-state index is 11.9. The lowest BCUT2D eigenvalue weighted by Crippen LogP contribution is -2.37. The number of amides is 1. The second-order valence-corrected chi connectivity index (χ2v) is 4.28. The van der Waals surface area contributed by atoms with Crippen molar-refractivity contribution in [2.75, 3.05) is 13.6 Å². The van der Waals surface area contributed by atoms with E-state index >= 15 is 0 Å². The van der Waals surface area contributed by atoms with Crippen LogP contribution in [0.5, 0.6) is 0 Å². The summed E-state index contributed by atoms with van der Waals surface area (Å²) >= 11 is 0. The minimum atomic E-state index is -0.218. The maximum Gasteiger partial charge on any atom is 0.273 e. The van der Waals surface area contributed by atoms with Gasteiger partial charge in [0.15, 0.2) is 5.69 Å². The summed E-state index contributed by atoms with van der Waals surface area (Å²) in [6.45, 7) is 2.54. The first-order valence-corrected chi connectivity index (χ1v) is 6.14. The number of nitrogens with one attached hydrogen (secondary N) is 2. The Labute approximate surface area is 124 Å². The van der Waals surface area contributed by atoms with Crippen LogP contribution in [0, 0.1) is 0 Å². The van der Waals surface area contributed by atoms with E-state index in [2.05, 4.69) is 20.9 Å². The molecule has 108 valence electrons. The van der Waals surface area contributed by atoms with Gasteiger partial charge in [0.25, 0.3) is 5.91 Å². The van der Waals surface area contributed by atoms with Crippen LogP contribution in [0.15, 0.2) is 36.5 Å². The molecular weight excluding hydrogens is 278 g/mol. The summed E-state index contributed by atoms with van der Waals surface area (Å²) in [5.41, 5.74) is 1.18. The minimum Gasteiger partial charge on any atom is -0.349 e. The van der Waals surface area contributed by atoms with Crippen LogP contribution in [0.25, 0.3) is 5.69 Å². The third-order valence-corrected chi connectivity index (χ3v) is 2.81. The van der Waals surface area contributed by atoms with E-state index in [4.69, 9.17) is 0 Å². The summed E-state index contributed by atoms with van der Waals surface area (Å²) in [5, 5.41) is 13.7. The van der Waals surface area contributed by atoms with Crippen molar-refractivity contribution in [2.24, 2.45) is 0 Å². The number of benzene rings is 1. The number of rotatable bonds is 5. The minimum absolute atomic E-state index is 0. The normalized spacial score (nSPS) is 11.5. The number of para-hydroxylation sites is 1. The van der Waals surface area contributed by atoms with Gasteiger partial charge in [0, 0.05) is 12.6 Å². The first kappa shape index (κ1) is 16.1. The van der Waals surface area contributed by atoms with Gasteiger partial charge in [-0.15, -0.1) is 17.5 Å². The third kappa shape index (κ3) is 4.04. The Kier molecular flexibility index (Phi) is 6.14. The molecular formula is C13H18ClN5O. The highest BCUT2D eigenvalue weighted by atomic mass is 35.5. The summed E-state index contributed by atoms with van der Waals surface area (Å²) in [5.74, 6) is -0.218. The molecule has 0 saturated heterocycles. The number of nitrogens with zero attached hydrogens (tertiary/aromatic N) is 3. The van der Waals surface area contributed by atoms with Gasteiger partial charge in [0.2, 0.25) is 0 Å². The van der Waals surface area contributed by atoms with Crippen molar-refractivity contribution in [1.29, 1.82) is 0 Å². The van der Waals surface area contributed by atoms with Gasteiger partial charge >= 0.3 is 0 Å². The van der Waals surface area contributed by atoms with E-state index in [9.17, 15) is 4.79 Å². The topological polar surface area (TPSA) is 71.8 Å². The monoisotopic (exact) mass is 295 g/mol. The van der Waals surface area contributed by atoms with E-state index in [0.29, 0.717) is 12.2 Å². The average molecular weight is 296 g/mol. The molecule has 0 radical (unpaired) electrons. The Morgan fingerprint density at radius 1 is 1.35 bits per heavy atom. The van der Waals surface area contributed by atoms with Crippen LogP contribution in [0.2, 0.25) is 0 Å². The summed E-state index contributed by atoms with van der Waals surface area (Å²) in [7, 11) is 1.85. The molecule has 0 aliphatic heterocycles. The smallest absolute Gasteiger partial charge is 0.273 e. The zero-order valence-corrected chi connectivity index (χ0v) is 12.2. The number of hydrogen-bond donors (Lipinski definition) is 2. The van der Waals surface area contributed by atoms with Crippen LogP contribution < -0.4 is 10.6 Å². The van der Waals surface area contributed by atoms with Crippen molar-refractivity contribution in [2.45, 2.75) is 13.0 Å². The molecule has 0 fully saturated rings. The lowest BCUT2D eigenvalue weighted by atomic mass is 10.3. The SMILES string of the molecule is CNC(C)CNC(=O)c1cn(-c2ccccc2)nn1.Cl. The standard InChI is InChI=1S/C13H17N5O.ClH/c1-10(14-2)8-15-13(19)12-9-18(17-16-12)11-6-4-3-5-7-11;/h3-7,9-10,14H,8H2,1-2H3,(H,15,19);1H. The Balaban J connectivity index is 0.00000200. The van der Waals surface area contributed by atoms with Crippen molar-refractivity contribution in [3.05, 3.63) is 42.2 Å². The van der Waals surface area contributed by atoms with Gasteiger partial charge in [0.05, 0.1) is 11.9 Å². The van der Waals surface area contributed by atoms with Crippen LogP contribution >= 0.6 is 12.4 Å². The molecule has 0 aliphatic rings. The summed E-state index contributed by atoms with van der Waals surface area (Å²) in [6.07, 6.45) is 1.62. The van der Waals surface area contributed by atoms with Crippen LogP contribution in [-0.2, 0) is 0 Å². The lowest BCUT2D eigenvalue weighted by Gasteiger charge is -2.09. The molecule has 1 atom stereocenters. The molecule has 2 N–H and O–H groups in total. The van der Waals surface area contributed by atoms with Crippen molar-refractivity contribution < 1.29 is 4.79 Å². The van der Waals surface area contributed by atoms with E-state index in [1.165, 1.54) is 0 Å². The Bertz CT molecular complexity index is 543. The van der Waals surface area contributed by atoms with Crippen LogP contribution in [0.1, 0.15) is 17.4 Å². The molecule has 1 heterocycles. The molecule has 0 bridgehead atoms. The Morgan fingerprint density at radius 2 is 2.05 bits per heavy atom. The first-order chi connectivity index (χ1) is 9.20. The van der Waals surface area contributed by atoms with Gasteiger partial charge in [0.1, 0.15) is 0 Å². The highest BCUT2D eigenvalue weighted by Gasteiger charge is 2.11. The highest BCUT2D eigenvalue weighted by Crippen LogP contribution is 2.05. The molecule has 2 rings (SSSR count). The summed E-state index contributed by atoms with van der Waals surface area (Å²) in [6, 6.07) is 9.76. The van der Waals surface area contributed by atoms with Crippen LogP contribution in [-0.4, -0.2) is 40.5 Å². The van der Waals surface area contributed by atoms with Gasteiger partial charge < -0.3 is 10.6 Å². The first-order valence-electron chi connectivity index (χ1n) is 6.14. The van der Waals surface area contributed by atoms with Gasteiger partial charge in [-0.1, -0.05) is 23.4 Å². The molecule has 0 aliphatic carbocycles.